The van der Waals surface area contributed by atoms with Crippen LogP contribution in [0.3, 0.4) is 0 Å². The first-order chi connectivity index (χ1) is 31.0. The monoisotopic (exact) mass is 819 g/mol. The fourth-order valence-electron chi connectivity index (χ4n) is 11.6. The second-order valence-electron chi connectivity index (χ2n) is 17.7. The first kappa shape index (κ1) is 41.9. The largest absolute Gasteiger partial charge is 0.364 e. The van der Waals surface area contributed by atoms with E-state index in [2.05, 4.69) is 246 Å². The normalized spacial score (nSPS) is 24.9. The second-order valence-corrected chi connectivity index (χ2v) is 17.7. The van der Waals surface area contributed by atoms with Crippen LogP contribution >= 0.6 is 0 Å². The summed E-state index contributed by atoms with van der Waals surface area (Å²) in [5.74, 6) is 0.156. The van der Waals surface area contributed by atoms with Gasteiger partial charge in [-0.05, 0) is 132 Å². The van der Waals surface area contributed by atoms with Crippen LogP contribution in [0, 0.1) is 5.92 Å². The zero-order valence-corrected chi connectivity index (χ0v) is 37.8. The van der Waals surface area contributed by atoms with Gasteiger partial charge >= 0.3 is 0 Å². The molecule has 1 heteroatoms. The second kappa shape index (κ2) is 18.1. The number of nitrogens with zero attached hydrogens (tertiary/aromatic N) is 1. The molecule has 63 heavy (non-hydrogen) atoms. The summed E-state index contributed by atoms with van der Waals surface area (Å²) in [6, 6.07) is 36.8. The Morgan fingerprint density at radius 3 is 2.16 bits per heavy atom. The zero-order chi connectivity index (χ0) is 43.4. The first-order valence-corrected chi connectivity index (χ1v) is 23.2. The van der Waals surface area contributed by atoms with E-state index < -0.39 is 5.41 Å². The van der Waals surface area contributed by atoms with E-state index in [4.69, 9.17) is 0 Å². The molecule has 0 saturated heterocycles. The molecule has 0 amide bonds. The smallest absolute Gasteiger partial charge is 0.0707 e. The predicted molar refractivity (Wildman–Crippen MR) is 270 cm³/mol. The van der Waals surface area contributed by atoms with Gasteiger partial charge in [0.15, 0.2) is 0 Å². The molecule has 0 aliphatic heterocycles. The number of benzene rings is 4. The molecule has 5 aliphatic carbocycles. The van der Waals surface area contributed by atoms with E-state index in [1.165, 1.54) is 104 Å². The molecule has 3 unspecified atom stereocenters. The maximum Gasteiger partial charge on any atom is 0.0707 e. The van der Waals surface area contributed by atoms with E-state index in [0.717, 1.165) is 6.54 Å². The van der Waals surface area contributed by atoms with Crippen molar-refractivity contribution in [3.05, 3.63) is 262 Å². The molecule has 1 saturated carbocycles. The standard InChI is InChI=1S/C62H61N/c1-6-26-50(8-3)62(51-30-14-12-15-31-51)58-36-22-19-32-52(58)46(5)59(62)43-45(4)63(60-37-16-11-9-10-13-27-48-28-17-18-33-53(48)60)42-25-29-47(7-2)49-38-39-57-55(44-49)54-34-20-21-35-56(54)61(57)40-23-24-41-61/h6-22,25-39,43-44,53,60H,23-24,40-42H2,1-5H3/b11-9-,13-10-,26-6-,29-25-,37-16+,45-43+,47-7+,48-27+,50-8+. The highest BCUT2D eigenvalue weighted by Crippen LogP contribution is 2.58. The molecule has 4 aromatic carbocycles. The maximum absolute atomic E-state index is 2.63. The highest BCUT2D eigenvalue weighted by Gasteiger charge is 2.47. The van der Waals surface area contributed by atoms with Crippen LogP contribution in [0.15, 0.2) is 229 Å². The summed E-state index contributed by atoms with van der Waals surface area (Å²) < 4.78 is 0. The average molecular weight is 820 g/mol. The lowest BCUT2D eigenvalue weighted by atomic mass is 9.66. The highest BCUT2D eigenvalue weighted by molar-refractivity contribution is 5.88. The zero-order valence-electron chi connectivity index (χ0n) is 37.8. The van der Waals surface area contributed by atoms with Crippen molar-refractivity contribution in [1.29, 1.82) is 0 Å². The molecule has 1 fully saturated rings. The number of hydrogen-bond acceptors (Lipinski definition) is 1. The molecule has 4 aromatic rings. The van der Waals surface area contributed by atoms with Gasteiger partial charge in [-0.3, -0.25) is 0 Å². The van der Waals surface area contributed by atoms with Gasteiger partial charge in [-0.2, -0.15) is 0 Å². The lowest BCUT2D eigenvalue weighted by Gasteiger charge is -2.39. The van der Waals surface area contributed by atoms with Crippen molar-refractivity contribution in [3.8, 4) is 11.1 Å². The Balaban J connectivity index is 1.16. The van der Waals surface area contributed by atoms with Gasteiger partial charge in [-0.25, -0.2) is 0 Å². The number of allylic oxidation sites excluding steroid dienone is 20. The Bertz CT molecular complexity index is 2760. The maximum atomic E-state index is 2.63. The molecule has 0 N–H and O–H groups in total. The third-order valence-corrected chi connectivity index (χ3v) is 14.5. The molecule has 1 spiro atoms. The molecule has 3 atom stereocenters. The number of rotatable bonds is 10. The molecule has 5 aliphatic rings. The molecule has 314 valence electrons. The first-order valence-electron chi connectivity index (χ1n) is 23.2. The van der Waals surface area contributed by atoms with Crippen molar-refractivity contribution in [3.63, 3.8) is 0 Å². The molecule has 0 bridgehead atoms. The third kappa shape index (κ3) is 7.32. The SMILES string of the molecule is C/C=C\C(=C/C)C1(c2ccccc2)C(/C=C(\C)N(C/C=C\C(=C/C)c2ccc3c(c2)-c2ccccc2C32CCCC2)C2/C=C/C=C\C=C/C=C3\C=CC=CC32)=C(C)c2ccccc21. The molecule has 1 nitrogen and oxygen atoms in total. The Morgan fingerprint density at radius 2 is 1.38 bits per heavy atom. The molecule has 0 radical (unpaired) electrons. The lowest BCUT2D eigenvalue weighted by Crippen LogP contribution is -2.39. The molecular formula is C62H61N. The van der Waals surface area contributed by atoms with Gasteiger partial charge in [0.1, 0.15) is 0 Å². The quantitative estimate of drug-likeness (QED) is 0.144. The number of fused-ring (bicyclic) bond motifs is 7. The van der Waals surface area contributed by atoms with Crippen molar-refractivity contribution < 1.29 is 0 Å². The van der Waals surface area contributed by atoms with Crippen LogP contribution in [-0.2, 0) is 10.8 Å². The summed E-state index contributed by atoms with van der Waals surface area (Å²) in [6.07, 6.45) is 46.1. The minimum absolute atomic E-state index is 0.0511. The molecular weight excluding hydrogens is 759 g/mol. The molecule has 0 heterocycles. The van der Waals surface area contributed by atoms with Crippen molar-refractivity contribution >= 4 is 11.1 Å². The Morgan fingerprint density at radius 1 is 0.683 bits per heavy atom. The fourth-order valence-corrected chi connectivity index (χ4v) is 11.6. The van der Waals surface area contributed by atoms with E-state index in [1.54, 1.807) is 0 Å². The van der Waals surface area contributed by atoms with Gasteiger partial charge in [0.2, 0.25) is 0 Å². The van der Waals surface area contributed by atoms with E-state index in [9.17, 15) is 0 Å². The Kier molecular flexibility index (Phi) is 12.0. The summed E-state index contributed by atoms with van der Waals surface area (Å²) >= 11 is 0. The summed E-state index contributed by atoms with van der Waals surface area (Å²) in [4.78, 5) is 2.63. The van der Waals surface area contributed by atoms with E-state index in [1.807, 2.05) is 0 Å². The van der Waals surface area contributed by atoms with Crippen molar-refractivity contribution in [2.24, 2.45) is 5.92 Å². The summed E-state index contributed by atoms with van der Waals surface area (Å²) in [6.45, 7) is 11.9. The van der Waals surface area contributed by atoms with Gasteiger partial charge in [0, 0.05) is 23.6 Å². The van der Waals surface area contributed by atoms with Crippen LogP contribution < -0.4 is 0 Å². The van der Waals surface area contributed by atoms with Gasteiger partial charge < -0.3 is 4.90 Å². The summed E-state index contributed by atoms with van der Waals surface area (Å²) in [5, 5.41) is 0. The Labute approximate surface area is 377 Å². The van der Waals surface area contributed by atoms with Crippen LogP contribution in [0.5, 0.6) is 0 Å². The lowest BCUT2D eigenvalue weighted by molar-refractivity contribution is 0.287. The minimum atomic E-state index is -0.481. The molecule has 0 aromatic heterocycles. The average Bonchev–Trinajstić information content (AvgIpc) is 4.00. The predicted octanol–water partition coefficient (Wildman–Crippen LogP) is 15.7. The summed E-state index contributed by atoms with van der Waals surface area (Å²) in [5.41, 5.74) is 18.5. The topological polar surface area (TPSA) is 3.24 Å². The van der Waals surface area contributed by atoms with E-state index >= 15 is 0 Å². The Hall–Kier alpha value is -6.44. The van der Waals surface area contributed by atoms with Gasteiger partial charge in [-0.1, -0.05) is 207 Å². The van der Waals surface area contributed by atoms with E-state index in [0.29, 0.717) is 0 Å². The fraction of sp³-hybridized carbons (Fsp3) is 0.226. The van der Waals surface area contributed by atoms with Crippen LogP contribution in [0.1, 0.15) is 93.7 Å². The van der Waals surface area contributed by atoms with Crippen molar-refractivity contribution in [1.82, 2.24) is 4.90 Å². The highest BCUT2D eigenvalue weighted by atomic mass is 15.2. The minimum Gasteiger partial charge on any atom is -0.364 e. The molecule has 9 rings (SSSR count). The van der Waals surface area contributed by atoms with E-state index in [-0.39, 0.29) is 17.4 Å². The van der Waals surface area contributed by atoms with Crippen LogP contribution in [-0.4, -0.2) is 17.5 Å². The van der Waals surface area contributed by atoms with Gasteiger partial charge in [0.05, 0.1) is 11.5 Å². The van der Waals surface area contributed by atoms with Gasteiger partial charge in [0.25, 0.3) is 0 Å². The third-order valence-electron chi connectivity index (χ3n) is 14.5. The number of hydrogen-bond donors (Lipinski definition) is 0. The van der Waals surface area contributed by atoms with Gasteiger partial charge in [-0.15, -0.1) is 0 Å². The van der Waals surface area contributed by atoms with Crippen LogP contribution in [0.4, 0.5) is 0 Å². The van der Waals surface area contributed by atoms with Crippen molar-refractivity contribution in [2.75, 3.05) is 6.54 Å². The van der Waals surface area contributed by atoms with Crippen LogP contribution in [0.25, 0.3) is 22.3 Å². The van der Waals surface area contributed by atoms with Crippen molar-refractivity contribution in [2.45, 2.75) is 77.2 Å². The summed E-state index contributed by atoms with van der Waals surface area (Å²) in [7, 11) is 0. The van der Waals surface area contributed by atoms with Crippen LogP contribution in [0.2, 0.25) is 0 Å².